The van der Waals surface area contributed by atoms with Gasteiger partial charge >= 0.3 is 11.9 Å². The van der Waals surface area contributed by atoms with Crippen LogP contribution in [0.1, 0.15) is 27.0 Å². The summed E-state index contributed by atoms with van der Waals surface area (Å²) in [6.45, 7) is 1.93. The van der Waals surface area contributed by atoms with Crippen molar-refractivity contribution in [2.24, 2.45) is 4.99 Å². The van der Waals surface area contributed by atoms with Crippen molar-refractivity contribution < 1.29 is 19.1 Å². The Morgan fingerprint density at radius 1 is 1.12 bits per heavy atom. The van der Waals surface area contributed by atoms with E-state index in [9.17, 15) is 9.59 Å². The Morgan fingerprint density at radius 3 is 2.50 bits per heavy atom. The van der Waals surface area contributed by atoms with Gasteiger partial charge in [-0.25, -0.2) is 14.6 Å². The number of hydrogen-bond acceptors (Lipinski definition) is 5. The zero-order valence-corrected chi connectivity index (χ0v) is 13.3. The molecule has 1 aliphatic rings. The second kappa shape index (κ2) is 6.50. The second-order valence-electron chi connectivity index (χ2n) is 5.26. The number of methoxy groups -OCH3 is 1. The molecule has 5 nitrogen and oxygen atoms in total. The van der Waals surface area contributed by atoms with Crippen LogP contribution in [0.2, 0.25) is 0 Å². The third-order valence-corrected chi connectivity index (χ3v) is 3.63. The maximum Gasteiger partial charge on any atom is 0.363 e. The van der Waals surface area contributed by atoms with Crippen LogP contribution in [0.4, 0.5) is 0 Å². The average molecular weight is 321 g/mol. The zero-order chi connectivity index (χ0) is 17.1. The first-order valence-corrected chi connectivity index (χ1v) is 7.35. The van der Waals surface area contributed by atoms with Crippen LogP contribution in [-0.4, -0.2) is 24.9 Å². The first-order chi connectivity index (χ1) is 11.6. The van der Waals surface area contributed by atoms with Crippen molar-refractivity contribution in [3.8, 4) is 0 Å². The number of rotatable bonds is 3. The Bertz CT molecular complexity index is 863. The van der Waals surface area contributed by atoms with Gasteiger partial charge in [0.1, 0.15) is 0 Å². The average Bonchev–Trinajstić information content (AvgIpc) is 2.95. The fourth-order valence-electron chi connectivity index (χ4n) is 2.33. The highest BCUT2D eigenvalue weighted by Crippen LogP contribution is 2.21. The fraction of sp³-hybridized carbons (Fsp3) is 0.105. The minimum Gasteiger partial charge on any atom is -0.465 e. The smallest absolute Gasteiger partial charge is 0.363 e. The minimum absolute atomic E-state index is 0.221. The van der Waals surface area contributed by atoms with E-state index in [4.69, 9.17) is 4.74 Å². The highest BCUT2D eigenvalue weighted by Gasteiger charge is 2.24. The molecule has 120 valence electrons. The number of aryl methyl sites for hydroxylation is 1. The van der Waals surface area contributed by atoms with E-state index in [2.05, 4.69) is 9.73 Å². The standard InChI is InChI=1S/C19H15NO4/c1-12-5-3-4-6-15(12)17-20-16(19(22)24-17)11-13-7-9-14(10-8-13)18(21)23-2/h3-11H,1-2H3/b16-11+. The summed E-state index contributed by atoms with van der Waals surface area (Å²) in [6.07, 6.45) is 1.62. The molecule has 0 fully saturated rings. The number of nitrogens with zero attached hydrogens (tertiary/aromatic N) is 1. The molecule has 3 rings (SSSR count). The van der Waals surface area contributed by atoms with E-state index in [-0.39, 0.29) is 5.70 Å². The summed E-state index contributed by atoms with van der Waals surface area (Å²) in [5, 5.41) is 0. The first kappa shape index (κ1) is 15.7. The molecule has 0 amide bonds. The normalized spacial score (nSPS) is 15.2. The summed E-state index contributed by atoms with van der Waals surface area (Å²) in [4.78, 5) is 27.7. The SMILES string of the molecule is COC(=O)c1ccc(/C=C2/N=C(c3ccccc3C)OC2=O)cc1. The molecule has 0 saturated carbocycles. The molecule has 2 aromatic rings. The summed E-state index contributed by atoms with van der Waals surface area (Å²) in [5.41, 5.74) is 3.17. The molecule has 0 bridgehead atoms. The van der Waals surface area contributed by atoms with Gasteiger partial charge in [-0.15, -0.1) is 0 Å². The van der Waals surface area contributed by atoms with Crippen molar-refractivity contribution in [2.45, 2.75) is 6.92 Å². The number of benzene rings is 2. The zero-order valence-electron chi connectivity index (χ0n) is 13.3. The van der Waals surface area contributed by atoms with Crippen molar-refractivity contribution in [3.05, 3.63) is 76.5 Å². The van der Waals surface area contributed by atoms with Crippen LogP contribution in [0.25, 0.3) is 6.08 Å². The van der Waals surface area contributed by atoms with Crippen molar-refractivity contribution in [1.82, 2.24) is 0 Å². The molecule has 2 aromatic carbocycles. The third-order valence-electron chi connectivity index (χ3n) is 3.63. The first-order valence-electron chi connectivity index (χ1n) is 7.35. The summed E-state index contributed by atoms with van der Waals surface area (Å²) < 4.78 is 9.91. The molecule has 5 heteroatoms. The predicted molar refractivity (Wildman–Crippen MR) is 89.6 cm³/mol. The summed E-state index contributed by atoms with van der Waals surface area (Å²) in [7, 11) is 1.33. The largest absolute Gasteiger partial charge is 0.465 e. The Balaban J connectivity index is 1.89. The van der Waals surface area contributed by atoms with Gasteiger partial charge < -0.3 is 9.47 Å². The molecule has 0 unspecified atom stereocenters. The van der Waals surface area contributed by atoms with Crippen LogP contribution in [0.3, 0.4) is 0 Å². The van der Waals surface area contributed by atoms with Crippen LogP contribution in [0.5, 0.6) is 0 Å². The van der Waals surface area contributed by atoms with Crippen LogP contribution < -0.4 is 0 Å². The van der Waals surface area contributed by atoms with E-state index in [1.165, 1.54) is 7.11 Å². The van der Waals surface area contributed by atoms with Gasteiger partial charge in [0.2, 0.25) is 5.90 Å². The highest BCUT2D eigenvalue weighted by molar-refractivity contribution is 6.13. The summed E-state index contributed by atoms with van der Waals surface area (Å²) >= 11 is 0. The maximum atomic E-state index is 12.0. The van der Waals surface area contributed by atoms with Crippen LogP contribution in [-0.2, 0) is 14.3 Å². The Labute approximate surface area is 139 Å². The minimum atomic E-state index is -0.495. The van der Waals surface area contributed by atoms with E-state index in [0.717, 1.165) is 16.7 Å². The lowest BCUT2D eigenvalue weighted by Gasteiger charge is -2.02. The quantitative estimate of drug-likeness (QED) is 0.643. The summed E-state index contributed by atoms with van der Waals surface area (Å²) in [5.74, 6) is -0.602. The van der Waals surface area contributed by atoms with Crippen LogP contribution in [0, 0.1) is 6.92 Å². The Hall–Kier alpha value is -3.21. The molecule has 1 aliphatic heterocycles. The number of carbonyl (C=O) groups excluding carboxylic acids is 2. The van der Waals surface area contributed by atoms with Crippen molar-refractivity contribution in [3.63, 3.8) is 0 Å². The number of cyclic esters (lactones) is 1. The molecular formula is C19H15NO4. The van der Waals surface area contributed by atoms with Gasteiger partial charge in [-0.1, -0.05) is 30.3 Å². The summed E-state index contributed by atoms with van der Waals surface area (Å²) in [6, 6.07) is 14.3. The van der Waals surface area contributed by atoms with Crippen molar-refractivity contribution in [2.75, 3.05) is 7.11 Å². The topological polar surface area (TPSA) is 65.0 Å². The molecule has 0 N–H and O–H groups in total. The van der Waals surface area contributed by atoms with Gasteiger partial charge in [0.15, 0.2) is 5.70 Å². The van der Waals surface area contributed by atoms with Gasteiger partial charge in [0, 0.05) is 5.56 Å². The number of aliphatic imine (C=N–C) groups is 1. The monoisotopic (exact) mass is 321 g/mol. The molecule has 1 heterocycles. The number of carbonyl (C=O) groups is 2. The molecule has 0 spiro atoms. The van der Waals surface area contributed by atoms with Gasteiger partial charge in [-0.05, 0) is 42.3 Å². The van der Waals surface area contributed by atoms with Crippen LogP contribution in [0.15, 0.2) is 59.2 Å². The number of esters is 2. The van der Waals surface area contributed by atoms with E-state index in [0.29, 0.717) is 11.5 Å². The maximum absolute atomic E-state index is 12.0. The number of ether oxygens (including phenoxy) is 2. The van der Waals surface area contributed by atoms with E-state index in [1.54, 1.807) is 30.3 Å². The lowest BCUT2D eigenvalue weighted by molar-refractivity contribution is -0.129. The van der Waals surface area contributed by atoms with Gasteiger partial charge in [-0.3, -0.25) is 0 Å². The molecule has 0 radical (unpaired) electrons. The van der Waals surface area contributed by atoms with Gasteiger partial charge in [0.25, 0.3) is 0 Å². The fourth-order valence-corrected chi connectivity index (χ4v) is 2.33. The van der Waals surface area contributed by atoms with E-state index in [1.807, 2.05) is 31.2 Å². The van der Waals surface area contributed by atoms with Crippen molar-refractivity contribution >= 4 is 23.9 Å². The Kier molecular flexibility index (Phi) is 4.24. The number of hydrogen-bond donors (Lipinski definition) is 0. The third kappa shape index (κ3) is 3.10. The predicted octanol–water partition coefficient (Wildman–Crippen LogP) is 3.13. The van der Waals surface area contributed by atoms with E-state index >= 15 is 0 Å². The molecule has 0 aromatic heterocycles. The van der Waals surface area contributed by atoms with Crippen molar-refractivity contribution in [1.29, 1.82) is 0 Å². The molecule has 0 saturated heterocycles. The molecule has 0 atom stereocenters. The van der Waals surface area contributed by atoms with Crippen LogP contribution >= 0.6 is 0 Å². The van der Waals surface area contributed by atoms with Gasteiger partial charge in [-0.2, -0.15) is 0 Å². The van der Waals surface area contributed by atoms with Gasteiger partial charge in [0.05, 0.1) is 12.7 Å². The molecule has 24 heavy (non-hydrogen) atoms. The van der Waals surface area contributed by atoms with E-state index < -0.39 is 11.9 Å². The lowest BCUT2D eigenvalue weighted by Crippen LogP contribution is -2.06. The Morgan fingerprint density at radius 2 is 1.83 bits per heavy atom. The molecular weight excluding hydrogens is 306 g/mol. The second-order valence-corrected chi connectivity index (χ2v) is 5.26. The lowest BCUT2D eigenvalue weighted by atomic mass is 10.1. The highest BCUT2D eigenvalue weighted by atomic mass is 16.6. The molecule has 0 aliphatic carbocycles.